The lowest BCUT2D eigenvalue weighted by Gasteiger charge is -2.30. The zero-order valence-corrected chi connectivity index (χ0v) is 18.6. The molecule has 0 N–H and O–H groups in total. The van der Waals surface area contributed by atoms with Gasteiger partial charge in [-0.3, -0.25) is 0 Å². The summed E-state index contributed by atoms with van der Waals surface area (Å²) in [4.78, 5) is 4.93. The number of hydrogen-bond acceptors (Lipinski definition) is 2. The fraction of sp³-hybridized carbons (Fsp3) is 0.652. The Morgan fingerprint density at radius 1 is 0.731 bits per heavy atom. The van der Waals surface area contributed by atoms with Crippen LogP contribution in [0.1, 0.15) is 83.6 Å². The van der Waals surface area contributed by atoms with Gasteiger partial charge in [-0.1, -0.05) is 95.0 Å². The second-order valence-corrected chi connectivity index (χ2v) is 7.51. The average molecular weight is 423 g/mol. The number of benzene rings is 1. The quantitative estimate of drug-likeness (QED) is 0.312. The summed E-state index contributed by atoms with van der Waals surface area (Å²) in [5.41, 5.74) is 1.39. The highest BCUT2D eigenvalue weighted by molar-refractivity contribution is 8.93. The summed E-state index contributed by atoms with van der Waals surface area (Å²) in [5, 5.41) is 0. The van der Waals surface area contributed by atoms with Crippen LogP contribution in [0.25, 0.3) is 0 Å². The standard InChI is InChI=1S/C23H38N2.BrH/c1-3-4-5-6-7-8-9-10-11-15-18-24-19-20-25(22(24)2)21-23-16-13-12-14-17-23;/h12-14,16-17,19-20,22H,3-11,15,18,21H2,1-2H3;1H. The number of unbranched alkanes of at least 4 members (excludes halogenated alkanes) is 9. The molecule has 0 aromatic heterocycles. The van der Waals surface area contributed by atoms with Crippen molar-refractivity contribution in [3.8, 4) is 0 Å². The van der Waals surface area contributed by atoms with Crippen LogP contribution in [-0.2, 0) is 6.54 Å². The Bertz CT molecular complexity index is 474. The second-order valence-electron chi connectivity index (χ2n) is 7.51. The Kier molecular flexibility index (Phi) is 12.6. The molecule has 1 heterocycles. The summed E-state index contributed by atoms with van der Waals surface area (Å²) in [6.07, 6.45) is 19.1. The molecule has 0 amide bonds. The monoisotopic (exact) mass is 422 g/mol. The van der Waals surface area contributed by atoms with Crippen molar-refractivity contribution >= 4 is 17.0 Å². The molecule has 0 bridgehead atoms. The van der Waals surface area contributed by atoms with Crippen LogP contribution in [-0.4, -0.2) is 22.5 Å². The van der Waals surface area contributed by atoms with E-state index in [1.165, 1.54) is 76.3 Å². The van der Waals surface area contributed by atoms with E-state index in [-0.39, 0.29) is 17.0 Å². The number of halogens is 1. The van der Waals surface area contributed by atoms with E-state index in [0.717, 1.165) is 6.54 Å². The lowest BCUT2D eigenvalue weighted by Crippen LogP contribution is -2.36. The van der Waals surface area contributed by atoms with Crippen molar-refractivity contribution in [2.75, 3.05) is 6.54 Å². The fourth-order valence-corrected chi connectivity index (χ4v) is 3.63. The van der Waals surface area contributed by atoms with E-state index >= 15 is 0 Å². The third-order valence-corrected chi connectivity index (χ3v) is 5.39. The van der Waals surface area contributed by atoms with E-state index in [0.29, 0.717) is 6.17 Å². The Balaban J connectivity index is 0.00000338. The van der Waals surface area contributed by atoms with Crippen LogP contribution in [0.5, 0.6) is 0 Å². The van der Waals surface area contributed by atoms with Crippen molar-refractivity contribution in [2.45, 2.75) is 90.8 Å². The molecule has 1 aromatic carbocycles. The van der Waals surface area contributed by atoms with E-state index in [2.05, 4.69) is 66.4 Å². The van der Waals surface area contributed by atoms with Crippen molar-refractivity contribution in [1.82, 2.24) is 9.80 Å². The highest BCUT2D eigenvalue weighted by Gasteiger charge is 2.21. The van der Waals surface area contributed by atoms with Gasteiger partial charge in [-0.15, -0.1) is 17.0 Å². The predicted octanol–water partition coefficient (Wildman–Crippen LogP) is 7.12. The Morgan fingerprint density at radius 2 is 1.27 bits per heavy atom. The topological polar surface area (TPSA) is 6.48 Å². The molecule has 0 saturated heterocycles. The van der Waals surface area contributed by atoms with Gasteiger partial charge in [0.25, 0.3) is 0 Å². The molecule has 0 aliphatic carbocycles. The normalized spacial score (nSPS) is 16.2. The van der Waals surface area contributed by atoms with Gasteiger partial charge in [-0.2, -0.15) is 0 Å². The number of rotatable bonds is 13. The molecule has 0 radical (unpaired) electrons. The molecule has 1 aromatic rings. The molecule has 0 spiro atoms. The molecule has 0 saturated carbocycles. The minimum atomic E-state index is 0. The van der Waals surface area contributed by atoms with Crippen LogP contribution in [0.2, 0.25) is 0 Å². The molecular weight excluding hydrogens is 384 g/mol. The van der Waals surface area contributed by atoms with Crippen molar-refractivity contribution in [3.63, 3.8) is 0 Å². The number of hydrogen-bond donors (Lipinski definition) is 0. The lowest BCUT2D eigenvalue weighted by molar-refractivity contribution is 0.162. The summed E-state index contributed by atoms with van der Waals surface area (Å²) in [6, 6.07) is 10.8. The largest absolute Gasteiger partial charge is 0.356 e. The van der Waals surface area contributed by atoms with Gasteiger partial charge in [0.05, 0.1) is 6.17 Å². The van der Waals surface area contributed by atoms with Crippen LogP contribution < -0.4 is 0 Å². The van der Waals surface area contributed by atoms with E-state index in [1.807, 2.05) is 0 Å². The average Bonchev–Trinajstić information content (AvgIpc) is 2.97. The third kappa shape index (κ3) is 8.62. The molecule has 148 valence electrons. The Labute approximate surface area is 172 Å². The summed E-state index contributed by atoms with van der Waals surface area (Å²) in [6.45, 7) is 6.81. The van der Waals surface area contributed by atoms with Crippen LogP contribution in [0, 0.1) is 0 Å². The van der Waals surface area contributed by atoms with Gasteiger partial charge < -0.3 is 9.80 Å². The Morgan fingerprint density at radius 3 is 1.88 bits per heavy atom. The van der Waals surface area contributed by atoms with Crippen LogP contribution in [0.3, 0.4) is 0 Å². The molecule has 3 heteroatoms. The summed E-state index contributed by atoms with van der Waals surface area (Å²) >= 11 is 0. The molecule has 2 nitrogen and oxygen atoms in total. The first kappa shape index (κ1) is 23.1. The highest BCUT2D eigenvalue weighted by atomic mass is 79.9. The van der Waals surface area contributed by atoms with Gasteiger partial charge in [0, 0.05) is 25.5 Å². The molecule has 1 atom stereocenters. The first-order valence-electron chi connectivity index (χ1n) is 10.5. The maximum Gasteiger partial charge on any atom is 0.0981 e. The lowest BCUT2D eigenvalue weighted by atomic mass is 10.1. The van der Waals surface area contributed by atoms with Gasteiger partial charge in [0.2, 0.25) is 0 Å². The van der Waals surface area contributed by atoms with E-state index in [9.17, 15) is 0 Å². The first-order valence-corrected chi connectivity index (χ1v) is 10.5. The third-order valence-electron chi connectivity index (χ3n) is 5.39. The molecule has 1 aliphatic rings. The Hall–Kier alpha value is -0.960. The molecule has 1 aliphatic heterocycles. The van der Waals surface area contributed by atoms with Crippen LogP contribution in [0.4, 0.5) is 0 Å². The van der Waals surface area contributed by atoms with Crippen molar-refractivity contribution < 1.29 is 0 Å². The minimum Gasteiger partial charge on any atom is -0.356 e. The predicted molar refractivity (Wildman–Crippen MR) is 119 cm³/mol. The van der Waals surface area contributed by atoms with Gasteiger partial charge in [-0.05, 0) is 18.9 Å². The minimum absolute atomic E-state index is 0. The molecule has 26 heavy (non-hydrogen) atoms. The van der Waals surface area contributed by atoms with Gasteiger partial charge >= 0.3 is 0 Å². The molecule has 2 rings (SSSR count). The van der Waals surface area contributed by atoms with Gasteiger partial charge in [0.15, 0.2) is 0 Å². The highest BCUT2D eigenvalue weighted by Crippen LogP contribution is 2.19. The maximum absolute atomic E-state index is 2.49. The van der Waals surface area contributed by atoms with Crippen molar-refractivity contribution in [2.24, 2.45) is 0 Å². The van der Waals surface area contributed by atoms with E-state index in [1.54, 1.807) is 0 Å². The van der Waals surface area contributed by atoms with Gasteiger partial charge in [0.1, 0.15) is 0 Å². The van der Waals surface area contributed by atoms with Crippen LogP contribution >= 0.6 is 17.0 Å². The van der Waals surface area contributed by atoms with E-state index < -0.39 is 0 Å². The maximum atomic E-state index is 2.49. The fourth-order valence-electron chi connectivity index (χ4n) is 3.63. The van der Waals surface area contributed by atoms with Gasteiger partial charge in [-0.25, -0.2) is 0 Å². The zero-order chi connectivity index (χ0) is 17.7. The van der Waals surface area contributed by atoms with Crippen LogP contribution in [0.15, 0.2) is 42.7 Å². The first-order chi connectivity index (χ1) is 12.3. The zero-order valence-electron chi connectivity index (χ0n) is 16.9. The summed E-state index contributed by atoms with van der Waals surface area (Å²) in [5.74, 6) is 0. The SMILES string of the molecule is Br.CCCCCCCCCCCCN1C=CN(Cc2ccccc2)C1C. The summed E-state index contributed by atoms with van der Waals surface area (Å²) in [7, 11) is 0. The molecular formula is C23H39BrN2. The summed E-state index contributed by atoms with van der Waals surface area (Å²) < 4.78 is 0. The number of nitrogens with zero attached hydrogens (tertiary/aromatic N) is 2. The van der Waals surface area contributed by atoms with Crippen molar-refractivity contribution in [3.05, 3.63) is 48.3 Å². The van der Waals surface area contributed by atoms with Crippen molar-refractivity contribution in [1.29, 1.82) is 0 Å². The molecule has 1 unspecified atom stereocenters. The smallest absolute Gasteiger partial charge is 0.0981 e. The molecule has 0 fully saturated rings. The van der Waals surface area contributed by atoms with E-state index in [4.69, 9.17) is 0 Å². The second kappa shape index (κ2) is 14.1.